The van der Waals surface area contributed by atoms with Gasteiger partial charge in [0.25, 0.3) is 11.8 Å². The molecule has 3 aromatic rings. The molecule has 4 rings (SSSR count). The quantitative estimate of drug-likeness (QED) is 0.700. The highest BCUT2D eigenvalue weighted by Crippen LogP contribution is 2.26. The van der Waals surface area contributed by atoms with E-state index in [1.54, 1.807) is 23.1 Å². The van der Waals surface area contributed by atoms with Gasteiger partial charge in [0, 0.05) is 18.2 Å². The Morgan fingerprint density at radius 3 is 2.81 bits per heavy atom. The van der Waals surface area contributed by atoms with Crippen LogP contribution in [0.5, 0.6) is 5.88 Å². The van der Waals surface area contributed by atoms with Crippen LogP contribution < -0.4 is 4.74 Å². The Labute approximate surface area is 155 Å². The SMILES string of the molecule is COc1cccc(C(=O)N2CCOC[C@@H]2c2noc(-c3ccccc3)n2)n1. The fraction of sp³-hybridized carbons (Fsp3) is 0.263. The highest BCUT2D eigenvalue weighted by atomic mass is 16.5. The Balaban J connectivity index is 1.61. The largest absolute Gasteiger partial charge is 0.481 e. The second-order valence-electron chi connectivity index (χ2n) is 5.98. The lowest BCUT2D eigenvalue weighted by atomic mass is 10.2. The highest BCUT2D eigenvalue weighted by molar-refractivity contribution is 5.92. The van der Waals surface area contributed by atoms with Gasteiger partial charge in [0.2, 0.25) is 5.88 Å². The standard InChI is InChI=1S/C19H18N4O4/c1-25-16-9-5-8-14(20-16)19(24)23-10-11-26-12-15(23)17-21-18(27-22-17)13-6-3-2-4-7-13/h2-9,15H,10-12H2,1H3/t15-/m1/s1. The number of hydrogen-bond donors (Lipinski definition) is 0. The van der Waals surface area contributed by atoms with E-state index < -0.39 is 6.04 Å². The van der Waals surface area contributed by atoms with Gasteiger partial charge in [0.1, 0.15) is 11.7 Å². The first-order valence-electron chi connectivity index (χ1n) is 8.55. The average Bonchev–Trinajstić information content (AvgIpc) is 3.24. The van der Waals surface area contributed by atoms with Crippen LogP contribution in [0.4, 0.5) is 0 Å². The smallest absolute Gasteiger partial charge is 0.273 e. The van der Waals surface area contributed by atoms with Crippen molar-refractivity contribution in [3.63, 3.8) is 0 Å². The fourth-order valence-electron chi connectivity index (χ4n) is 2.92. The molecule has 0 bridgehead atoms. The molecule has 0 unspecified atom stereocenters. The zero-order valence-corrected chi connectivity index (χ0v) is 14.7. The molecule has 3 heterocycles. The van der Waals surface area contributed by atoms with Crippen LogP contribution in [0.25, 0.3) is 11.5 Å². The van der Waals surface area contributed by atoms with Crippen LogP contribution in [-0.4, -0.2) is 52.8 Å². The summed E-state index contributed by atoms with van der Waals surface area (Å²) in [5.74, 6) is 0.970. The first-order chi connectivity index (χ1) is 13.3. The lowest BCUT2D eigenvalue weighted by Crippen LogP contribution is -2.44. The summed E-state index contributed by atoms with van der Waals surface area (Å²) >= 11 is 0. The van der Waals surface area contributed by atoms with Gasteiger partial charge in [-0.15, -0.1) is 0 Å². The molecule has 1 fully saturated rings. The van der Waals surface area contributed by atoms with Crippen molar-refractivity contribution in [2.45, 2.75) is 6.04 Å². The maximum atomic E-state index is 13.0. The molecule has 1 atom stereocenters. The van der Waals surface area contributed by atoms with Gasteiger partial charge < -0.3 is 18.9 Å². The number of morpholine rings is 1. The molecule has 1 aliphatic heterocycles. The van der Waals surface area contributed by atoms with Crippen LogP contribution in [0.1, 0.15) is 22.4 Å². The van der Waals surface area contributed by atoms with E-state index in [0.29, 0.717) is 43.0 Å². The third-order valence-electron chi connectivity index (χ3n) is 4.30. The van der Waals surface area contributed by atoms with Crippen molar-refractivity contribution < 1.29 is 18.8 Å². The maximum Gasteiger partial charge on any atom is 0.273 e. The zero-order chi connectivity index (χ0) is 18.6. The van der Waals surface area contributed by atoms with Gasteiger partial charge in [-0.25, -0.2) is 4.98 Å². The van der Waals surface area contributed by atoms with Crippen molar-refractivity contribution in [2.75, 3.05) is 26.9 Å². The summed E-state index contributed by atoms with van der Waals surface area (Å²) in [5, 5.41) is 4.07. The molecule has 0 aliphatic carbocycles. The maximum absolute atomic E-state index is 13.0. The molecule has 27 heavy (non-hydrogen) atoms. The normalized spacial score (nSPS) is 16.9. The second-order valence-corrected chi connectivity index (χ2v) is 5.98. The molecule has 138 valence electrons. The number of carbonyl (C=O) groups is 1. The van der Waals surface area contributed by atoms with Crippen LogP contribution in [0.2, 0.25) is 0 Å². The van der Waals surface area contributed by atoms with E-state index in [1.807, 2.05) is 30.3 Å². The van der Waals surface area contributed by atoms with Crippen molar-refractivity contribution in [3.8, 4) is 17.3 Å². The summed E-state index contributed by atoms with van der Waals surface area (Å²) in [6.07, 6.45) is 0. The first-order valence-corrected chi connectivity index (χ1v) is 8.55. The molecule has 1 aliphatic rings. The summed E-state index contributed by atoms with van der Waals surface area (Å²) in [5.41, 5.74) is 1.12. The molecule has 0 N–H and O–H groups in total. The van der Waals surface area contributed by atoms with Crippen LogP contribution in [0, 0.1) is 0 Å². The number of carbonyl (C=O) groups excluding carboxylic acids is 1. The topological polar surface area (TPSA) is 90.6 Å². The minimum absolute atomic E-state index is 0.228. The van der Waals surface area contributed by atoms with Crippen molar-refractivity contribution in [3.05, 3.63) is 60.0 Å². The van der Waals surface area contributed by atoms with Gasteiger partial charge in [-0.05, 0) is 18.2 Å². The predicted octanol–water partition coefficient (Wildman–Crippen LogP) is 2.35. The molecule has 0 radical (unpaired) electrons. The van der Waals surface area contributed by atoms with Crippen LogP contribution in [0.3, 0.4) is 0 Å². The second kappa shape index (κ2) is 7.55. The van der Waals surface area contributed by atoms with E-state index in [2.05, 4.69) is 15.1 Å². The van der Waals surface area contributed by atoms with E-state index >= 15 is 0 Å². The monoisotopic (exact) mass is 366 g/mol. The zero-order valence-electron chi connectivity index (χ0n) is 14.7. The van der Waals surface area contributed by atoms with Crippen LogP contribution in [0.15, 0.2) is 53.1 Å². The van der Waals surface area contributed by atoms with Crippen LogP contribution >= 0.6 is 0 Å². The van der Waals surface area contributed by atoms with Crippen molar-refractivity contribution >= 4 is 5.91 Å². The van der Waals surface area contributed by atoms with E-state index in [1.165, 1.54) is 7.11 Å². The molecule has 0 spiro atoms. The molecule has 8 nitrogen and oxygen atoms in total. The first kappa shape index (κ1) is 17.2. The third kappa shape index (κ3) is 3.52. The predicted molar refractivity (Wildman–Crippen MR) is 95.1 cm³/mol. The van der Waals surface area contributed by atoms with Gasteiger partial charge >= 0.3 is 0 Å². The van der Waals surface area contributed by atoms with Gasteiger partial charge in [-0.2, -0.15) is 4.98 Å². The Morgan fingerprint density at radius 2 is 2.00 bits per heavy atom. The molecular formula is C19H18N4O4. The number of hydrogen-bond acceptors (Lipinski definition) is 7. The molecule has 1 amide bonds. The summed E-state index contributed by atoms with van der Waals surface area (Å²) in [7, 11) is 1.51. The minimum Gasteiger partial charge on any atom is -0.481 e. The van der Waals surface area contributed by atoms with E-state index in [9.17, 15) is 4.79 Å². The average molecular weight is 366 g/mol. The number of aromatic nitrogens is 3. The van der Waals surface area contributed by atoms with Gasteiger partial charge in [0.05, 0.1) is 20.3 Å². The Kier molecular flexibility index (Phi) is 4.80. The molecule has 1 saturated heterocycles. The number of amides is 1. The minimum atomic E-state index is -0.444. The summed E-state index contributed by atoms with van der Waals surface area (Å²) in [6, 6.07) is 14.1. The molecule has 1 aromatic carbocycles. The molecular weight excluding hydrogens is 348 g/mol. The molecule has 2 aromatic heterocycles. The van der Waals surface area contributed by atoms with Crippen molar-refractivity contribution in [1.29, 1.82) is 0 Å². The van der Waals surface area contributed by atoms with Crippen molar-refractivity contribution in [1.82, 2.24) is 20.0 Å². The van der Waals surface area contributed by atoms with E-state index in [-0.39, 0.29) is 5.91 Å². The highest BCUT2D eigenvalue weighted by Gasteiger charge is 2.33. The summed E-state index contributed by atoms with van der Waals surface area (Å²) < 4.78 is 16.0. The lowest BCUT2D eigenvalue weighted by molar-refractivity contribution is -0.00610. The number of rotatable bonds is 4. The number of pyridine rings is 1. The third-order valence-corrected chi connectivity index (χ3v) is 4.30. The lowest BCUT2D eigenvalue weighted by Gasteiger charge is -2.33. The number of benzene rings is 1. The van der Waals surface area contributed by atoms with Crippen LogP contribution in [-0.2, 0) is 4.74 Å². The Bertz CT molecular complexity index is 928. The Hall–Kier alpha value is -3.26. The number of methoxy groups -OCH3 is 1. The fourth-order valence-corrected chi connectivity index (χ4v) is 2.92. The molecule has 8 heteroatoms. The summed E-state index contributed by atoms with van der Waals surface area (Å²) in [4.78, 5) is 23.3. The van der Waals surface area contributed by atoms with Gasteiger partial charge in [-0.3, -0.25) is 4.79 Å². The molecule has 0 saturated carbocycles. The number of nitrogens with zero attached hydrogens (tertiary/aromatic N) is 4. The van der Waals surface area contributed by atoms with E-state index in [4.69, 9.17) is 14.0 Å². The summed E-state index contributed by atoms with van der Waals surface area (Å²) in [6.45, 7) is 1.15. The van der Waals surface area contributed by atoms with Crippen molar-refractivity contribution in [2.24, 2.45) is 0 Å². The van der Waals surface area contributed by atoms with E-state index in [0.717, 1.165) is 5.56 Å². The van der Waals surface area contributed by atoms with Gasteiger partial charge in [-0.1, -0.05) is 29.4 Å². The number of ether oxygens (including phenoxy) is 2. The Morgan fingerprint density at radius 1 is 1.15 bits per heavy atom. The van der Waals surface area contributed by atoms with Gasteiger partial charge in [0.15, 0.2) is 5.82 Å².